The van der Waals surface area contributed by atoms with E-state index in [0.717, 1.165) is 11.3 Å². The van der Waals surface area contributed by atoms with Gasteiger partial charge >= 0.3 is 6.03 Å². The molecule has 3 rings (SSSR count). The zero-order valence-electron chi connectivity index (χ0n) is 14.9. The van der Waals surface area contributed by atoms with Crippen LogP contribution in [0.4, 0.5) is 16.2 Å². The second kappa shape index (κ2) is 7.35. The summed E-state index contributed by atoms with van der Waals surface area (Å²) in [4.78, 5) is 26.7. The highest BCUT2D eigenvalue weighted by Gasteiger charge is 2.37. The summed E-state index contributed by atoms with van der Waals surface area (Å²) in [5.74, 6) is 0.874. The zero-order chi connectivity index (χ0) is 18.7. The second-order valence-corrected chi connectivity index (χ2v) is 5.83. The molecule has 1 aliphatic heterocycles. The minimum atomic E-state index is -0.586. The number of benzene rings is 2. The first kappa shape index (κ1) is 17.6. The van der Waals surface area contributed by atoms with Crippen molar-refractivity contribution in [1.29, 1.82) is 0 Å². The van der Waals surface area contributed by atoms with Crippen LogP contribution in [0.25, 0.3) is 0 Å². The highest BCUT2D eigenvalue weighted by molar-refractivity contribution is 6.08. The Morgan fingerprint density at radius 1 is 1.08 bits per heavy atom. The van der Waals surface area contributed by atoms with E-state index < -0.39 is 6.04 Å². The molecular formula is C19H21N3O4. The Morgan fingerprint density at radius 2 is 1.81 bits per heavy atom. The first-order valence-corrected chi connectivity index (χ1v) is 8.20. The van der Waals surface area contributed by atoms with Crippen LogP contribution >= 0.6 is 0 Å². The number of anilines is 2. The lowest BCUT2D eigenvalue weighted by molar-refractivity contribution is -0.121. The number of carbonyl (C=O) groups excluding carboxylic acids is 2. The summed E-state index contributed by atoms with van der Waals surface area (Å²) in [6.07, 6.45) is 0.481. The molecule has 1 heterocycles. The summed E-state index contributed by atoms with van der Waals surface area (Å²) in [5, 5.41) is 5.46. The van der Waals surface area contributed by atoms with Gasteiger partial charge in [0.2, 0.25) is 5.91 Å². The lowest BCUT2D eigenvalue weighted by Crippen LogP contribution is -2.48. The van der Waals surface area contributed by atoms with Crippen molar-refractivity contribution in [3.05, 3.63) is 48.0 Å². The molecule has 2 aromatic carbocycles. The molecule has 7 heteroatoms. The number of methoxy groups -OCH3 is 2. The molecular weight excluding hydrogens is 334 g/mol. The highest BCUT2D eigenvalue weighted by Crippen LogP contribution is 2.34. The Kier molecular flexibility index (Phi) is 4.97. The molecule has 1 unspecified atom stereocenters. The average Bonchev–Trinajstić information content (AvgIpc) is 3.06. The summed E-state index contributed by atoms with van der Waals surface area (Å²) in [6, 6.07) is 11.7. The molecule has 0 saturated heterocycles. The fourth-order valence-electron chi connectivity index (χ4n) is 3.11. The van der Waals surface area contributed by atoms with Crippen molar-refractivity contribution in [3.63, 3.8) is 0 Å². The number of nitrogens with zero attached hydrogens (tertiary/aromatic N) is 1. The summed E-state index contributed by atoms with van der Waals surface area (Å²) >= 11 is 0. The third kappa shape index (κ3) is 3.15. The fraction of sp³-hybridized carbons (Fsp3) is 0.263. The lowest BCUT2D eigenvalue weighted by atomic mass is 10.1. The Labute approximate surface area is 151 Å². The maximum absolute atomic E-state index is 12.9. The van der Waals surface area contributed by atoms with Crippen LogP contribution in [-0.2, 0) is 11.2 Å². The monoisotopic (exact) mass is 355 g/mol. The molecule has 0 spiro atoms. The third-order valence-corrected chi connectivity index (χ3v) is 4.38. The number of urea groups is 1. The van der Waals surface area contributed by atoms with Crippen LogP contribution in [0.1, 0.15) is 5.56 Å². The molecule has 3 amide bonds. The summed E-state index contributed by atoms with van der Waals surface area (Å²) < 4.78 is 10.5. The van der Waals surface area contributed by atoms with Gasteiger partial charge in [-0.3, -0.25) is 9.69 Å². The van der Waals surface area contributed by atoms with Crippen LogP contribution < -0.4 is 25.0 Å². The summed E-state index contributed by atoms with van der Waals surface area (Å²) in [7, 11) is 4.64. The Bertz CT molecular complexity index is 837. The molecule has 26 heavy (non-hydrogen) atoms. The maximum Gasteiger partial charge on any atom is 0.327 e. The van der Waals surface area contributed by atoms with Crippen molar-refractivity contribution >= 4 is 23.3 Å². The SMILES string of the molecule is CNC(=O)C1Cc2ccccc2N1C(=O)Nc1ccc(OC)c(OC)c1. The van der Waals surface area contributed by atoms with Gasteiger partial charge in [-0.05, 0) is 23.8 Å². The van der Waals surface area contributed by atoms with Crippen LogP contribution in [0.2, 0.25) is 0 Å². The minimum Gasteiger partial charge on any atom is -0.493 e. The first-order chi connectivity index (χ1) is 12.6. The van der Waals surface area contributed by atoms with Crippen molar-refractivity contribution in [3.8, 4) is 11.5 Å². The largest absolute Gasteiger partial charge is 0.493 e. The van der Waals surface area contributed by atoms with E-state index in [1.807, 2.05) is 24.3 Å². The molecule has 0 fully saturated rings. The van der Waals surface area contributed by atoms with Gasteiger partial charge in [-0.1, -0.05) is 18.2 Å². The number of ether oxygens (including phenoxy) is 2. The van der Waals surface area contributed by atoms with E-state index in [9.17, 15) is 9.59 Å². The van der Waals surface area contributed by atoms with E-state index in [0.29, 0.717) is 23.6 Å². The van der Waals surface area contributed by atoms with Crippen LogP contribution in [-0.4, -0.2) is 39.2 Å². The van der Waals surface area contributed by atoms with Crippen molar-refractivity contribution in [2.24, 2.45) is 0 Å². The fourth-order valence-corrected chi connectivity index (χ4v) is 3.11. The zero-order valence-corrected chi connectivity index (χ0v) is 14.9. The summed E-state index contributed by atoms with van der Waals surface area (Å²) in [6.45, 7) is 0. The number of likely N-dealkylation sites (N-methyl/N-ethyl adjacent to an activating group) is 1. The number of hydrogen-bond acceptors (Lipinski definition) is 4. The molecule has 0 aromatic heterocycles. The second-order valence-electron chi connectivity index (χ2n) is 5.83. The maximum atomic E-state index is 12.9. The van der Waals surface area contributed by atoms with Crippen molar-refractivity contribution < 1.29 is 19.1 Å². The molecule has 2 aromatic rings. The molecule has 1 atom stereocenters. The Balaban J connectivity index is 1.88. The molecule has 2 N–H and O–H groups in total. The Hall–Kier alpha value is -3.22. The number of hydrogen-bond donors (Lipinski definition) is 2. The third-order valence-electron chi connectivity index (χ3n) is 4.38. The van der Waals surface area contributed by atoms with E-state index in [4.69, 9.17) is 9.47 Å². The average molecular weight is 355 g/mol. The van der Waals surface area contributed by atoms with Gasteiger partial charge in [0.1, 0.15) is 6.04 Å². The standard InChI is InChI=1S/C19H21N3O4/c1-20-18(23)15-10-12-6-4-5-7-14(12)22(15)19(24)21-13-8-9-16(25-2)17(11-13)26-3/h4-9,11,15H,10H2,1-3H3,(H,20,23)(H,21,24). The van der Waals surface area contributed by atoms with Crippen LogP contribution in [0.3, 0.4) is 0 Å². The molecule has 0 radical (unpaired) electrons. The minimum absolute atomic E-state index is 0.205. The van der Waals surface area contributed by atoms with Crippen molar-refractivity contribution in [1.82, 2.24) is 5.32 Å². The van der Waals surface area contributed by atoms with Crippen molar-refractivity contribution in [2.75, 3.05) is 31.5 Å². The van der Waals surface area contributed by atoms with Gasteiger partial charge in [0.15, 0.2) is 11.5 Å². The molecule has 0 aliphatic carbocycles. The number of carbonyl (C=O) groups is 2. The van der Waals surface area contributed by atoms with Gasteiger partial charge in [-0.25, -0.2) is 4.79 Å². The Morgan fingerprint density at radius 3 is 2.50 bits per heavy atom. The highest BCUT2D eigenvalue weighted by atomic mass is 16.5. The van der Waals surface area contributed by atoms with Crippen LogP contribution in [0.5, 0.6) is 11.5 Å². The van der Waals surface area contributed by atoms with Gasteiger partial charge < -0.3 is 20.1 Å². The smallest absolute Gasteiger partial charge is 0.327 e. The summed E-state index contributed by atoms with van der Waals surface area (Å²) in [5.41, 5.74) is 2.25. The number of nitrogens with one attached hydrogen (secondary N) is 2. The molecule has 0 saturated carbocycles. The molecule has 7 nitrogen and oxygen atoms in total. The van der Waals surface area contributed by atoms with Gasteiger partial charge in [0.05, 0.1) is 14.2 Å². The van der Waals surface area contributed by atoms with E-state index >= 15 is 0 Å². The first-order valence-electron chi connectivity index (χ1n) is 8.20. The van der Waals surface area contributed by atoms with E-state index in [1.54, 1.807) is 32.4 Å². The lowest BCUT2D eigenvalue weighted by Gasteiger charge is -2.24. The molecule has 136 valence electrons. The molecule has 0 bridgehead atoms. The van der Waals surface area contributed by atoms with Gasteiger partial charge in [0, 0.05) is 30.9 Å². The topological polar surface area (TPSA) is 79.9 Å². The molecule has 1 aliphatic rings. The van der Waals surface area contributed by atoms with Gasteiger partial charge in [-0.15, -0.1) is 0 Å². The van der Waals surface area contributed by atoms with Gasteiger partial charge in [-0.2, -0.15) is 0 Å². The van der Waals surface area contributed by atoms with E-state index in [-0.39, 0.29) is 11.9 Å². The number of para-hydroxylation sites is 1. The van der Waals surface area contributed by atoms with Crippen LogP contribution in [0, 0.1) is 0 Å². The normalized spacial score (nSPS) is 15.2. The predicted molar refractivity (Wildman–Crippen MR) is 99.0 cm³/mol. The predicted octanol–water partition coefficient (Wildman–Crippen LogP) is 2.41. The van der Waals surface area contributed by atoms with E-state index in [2.05, 4.69) is 10.6 Å². The van der Waals surface area contributed by atoms with Crippen molar-refractivity contribution in [2.45, 2.75) is 12.5 Å². The van der Waals surface area contributed by atoms with Crippen LogP contribution in [0.15, 0.2) is 42.5 Å². The van der Waals surface area contributed by atoms with Gasteiger partial charge in [0.25, 0.3) is 0 Å². The number of amides is 3. The number of fused-ring (bicyclic) bond motifs is 1. The quantitative estimate of drug-likeness (QED) is 0.883. The number of rotatable bonds is 4. The van der Waals surface area contributed by atoms with E-state index in [1.165, 1.54) is 12.0 Å².